The van der Waals surface area contributed by atoms with Crippen molar-refractivity contribution >= 4 is 11.8 Å². The molecule has 2 rings (SSSR count). The van der Waals surface area contributed by atoms with Crippen LogP contribution in [0.1, 0.15) is 18.5 Å². The number of unbranched alkanes of at least 4 members (excludes halogenated alkanes) is 1. The van der Waals surface area contributed by atoms with Gasteiger partial charge in [-0.15, -0.1) is 16.9 Å². The summed E-state index contributed by atoms with van der Waals surface area (Å²) in [6.45, 7) is 1.64. The minimum Gasteiger partial charge on any atom is -0.330 e. The topological polar surface area (TPSA) is 56.7 Å². The molecule has 0 bridgehead atoms. The number of rotatable bonds is 8. The lowest BCUT2D eigenvalue weighted by Crippen LogP contribution is -2.01. The summed E-state index contributed by atoms with van der Waals surface area (Å²) in [6.07, 6.45) is 5.16. The molecule has 0 spiro atoms. The van der Waals surface area contributed by atoms with Gasteiger partial charge in [-0.3, -0.25) is 4.68 Å². The Balaban J connectivity index is 1.71. The lowest BCUT2D eigenvalue weighted by atomic mass is 10.2. The lowest BCUT2D eigenvalue weighted by Gasteiger charge is -2.01. The van der Waals surface area contributed by atoms with Crippen LogP contribution in [0, 0.1) is 0 Å². The van der Waals surface area contributed by atoms with Gasteiger partial charge < -0.3 is 5.73 Å². The van der Waals surface area contributed by atoms with Gasteiger partial charge in [0.05, 0.1) is 12.2 Å². The first-order valence-corrected chi connectivity index (χ1v) is 7.64. The first-order chi connectivity index (χ1) is 9.38. The molecule has 1 aromatic carbocycles. The van der Waals surface area contributed by atoms with Crippen LogP contribution in [0.2, 0.25) is 0 Å². The number of nitrogens with two attached hydrogens (primary N) is 1. The number of aromatic nitrogens is 3. The first kappa shape index (κ1) is 14.1. The average molecular weight is 276 g/mol. The minimum atomic E-state index is 0.752. The van der Waals surface area contributed by atoms with Gasteiger partial charge in [0.2, 0.25) is 0 Å². The zero-order chi connectivity index (χ0) is 13.3. The fourth-order valence-corrected chi connectivity index (χ4v) is 2.65. The molecule has 5 heteroatoms. The molecule has 2 N–H and O–H groups in total. The molecular formula is C14H20N4S. The molecule has 102 valence electrons. The van der Waals surface area contributed by atoms with Crippen LogP contribution in [0.15, 0.2) is 41.4 Å². The second-order valence-electron chi connectivity index (χ2n) is 4.38. The van der Waals surface area contributed by atoms with E-state index in [1.54, 1.807) is 0 Å². The molecule has 0 aliphatic carbocycles. The molecule has 2 aromatic rings. The third kappa shape index (κ3) is 5.04. The second kappa shape index (κ2) is 7.96. The molecular weight excluding hydrogens is 256 g/mol. The van der Waals surface area contributed by atoms with E-state index in [-0.39, 0.29) is 0 Å². The van der Waals surface area contributed by atoms with Crippen LogP contribution < -0.4 is 5.73 Å². The summed E-state index contributed by atoms with van der Waals surface area (Å²) in [6, 6.07) is 10.4. The zero-order valence-corrected chi connectivity index (χ0v) is 11.9. The highest BCUT2D eigenvalue weighted by Gasteiger charge is 2.01. The molecule has 0 unspecified atom stereocenters. The van der Waals surface area contributed by atoms with Gasteiger partial charge in [-0.2, -0.15) is 0 Å². The molecule has 0 amide bonds. The van der Waals surface area contributed by atoms with Crippen molar-refractivity contribution in [2.24, 2.45) is 5.73 Å². The van der Waals surface area contributed by atoms with E-state index in [9.17, 15) is 0 Å². The highest BCUT2D eigenvalue weighted by atomic mass is 32.2. The van der Waals surface area contributed by atoms with E-state index in [1.165, 1.54) is 4.90 Å². The van der Waals surface area contributed by atoms with Crippen molar-refractivity contribution in [3.05, 3.63) is 42.2 Å². The van der Waals surface area contributed by atoms with Crippen molar-refractivity contribution in [1.82, 2.24) is 15.0 Å². The molecule has 0 atom stereocenters. The molecule has 0 saturated heterocycles. The van der Waals surface area contributed by atoms with Crippen LogP contribution in [-0.2, 0) is 13.0 Å². The van der Waals surface area contributed by atoms with Gasteiger partial charge in [0.15, 0.2) is 0 Å². The summed E-state index contributed by atoms with van der Waals surface area (Å²) in [4.78, 5) is 1.30. The molecule has 1 heterocycles. The van der Waals surface area contributed by atoms with Gasteiger partial charge in [-0.25, -0.2) is 0 Å². The van der Waals surface area contributed by atoms with Crippen LogP contribution >= 0.6 is 11.8 Å². The Hall–Kier alpha value is -1.33. The standard InChI is InChI=1S/C14H20N4S/c15-9-5-4-6-13-12-18(17-16-13)10-11-19-14-7-2-1-3-8-14/h1-3,7-8,12H,4-6,9-11,15H2. The largest absolute Gasteiger partial charge is 0.330 e. The minimum absolute atomic E-state index is 0.752. The number of aryl methyl sites for hydroxylation is 2. The van der Waals surface area contributed by atoms with Crippen molar-refractivity contribution in [2.75, 3.05) is 12.3 Å². The highest BCUT2D eigenvalue weighted by molar-refractivity contribution is 7.99. The Bertz CT molecular complexity index is 469. The molecule has 19 heavy (non-hydrogen) atoms. The number of nitrogens with zero attached hydrogens (tertiary/aromatic N) is 3. The van der Waals surface area contributed by atoms with Crippen LogP contribution in [0.5, 0.6) is 0 Å². The summed E-state index contributed by atoms with van der Waals surface area (Å²) in [5.41, 5.74) is 6.54. The zero-order valence-electron chi connectivity index (χ0n) is 11.0. The summed E-state index contributed by atoms with van der Waals surface area (Å²) >= 11 is 1.84. The smallest absolute Gasteiger partial charge is 0.0827 e. The Kier molecular flexibility index (Phi) is 5.91. The first-order valence-electron chi connectivity index (χ1n) is 6.65. The molecule has 4 nitrogen and oxygen atoms in total. The van der Waals surface area contributed by atoms with Gasteiger partial charge in [0, 0.05) is 16.8 Å². The number of thioether (sulfide) groups is 1. The third-order valence-electron chi connectivity index (χ3n) is 2.81. The van der Waals surface area contributed by atoms with Gasteiger partial charge in [-0.05, 0) is 37.9 Å². The van der Waals surface area contributed by atoms with Crippen molar-refractivity contribution in [2.45, 2.75) is 30.7 Å². The van der Waals surface area contributed by atoms with Gasteiger partial charge >= 0.3 is 0 Å². The maximum Gasteiger partial charge on any atom is 0.0827 e. The maximum absolute atomic E-state index is 5.47. The van der Waals surface area contributed by atoms with Crippen LogP contribution in [0.3, 0.4) is 0 Å². The molecule has 0 saturated carbocycles. The number of hydrogen-bond donors (Lipinski definition) is 1. The van der Waals surface area contributed by atoms with E-state index < -0.39 is 0 Å². The fraction of sp³-hybridized carbons (Fsp3) is 0.429. The summed E-state index contributed by atoms with van der Waals surface area (Å²) < 4.78 is 1.92. The number of benzene rings is 1. The third-order valence-corrected chi connectivity index (χ3v) is 3.80. The quantitative estimate of drug-likeness (QED) is 0.594. The summed E-state index contributed by atoms with van der Waals surface area (Å²) in [7, 11) is 0. The van der Waals surface area contributed by atoms with E-state index in [1.807, 2.05) is 28.7 Å². The van der Waals surface area contributed by atoms with Gasteiger partial charge in [0.1, 0.15) is 0 Å². The maximum atomic E-state index is 5.47. The fourth-order valence-electron chi connectivity index (χ4n) is 1.79. The Morgan fingerprint density at radius 2 is 2.00 bits per heavy atom. The van der Waals surface area contributed by atoms with Crippen LogP contribution in [0.4, 0.5) is 0 Å². The van der Waals surface area contributed by atoms with Crippen molar-refractivity contribution in [1.29, 1.82) is 0 Å². The van der Waals surface area contributed by atoms with Gasteiger partial charge in [-0.1, -0.05) is 23.4 Å². The lowest BCUT2D eigenvalue weighted by molar-refractivity contribution is 0.631. The predicted octanol–water partition coefficient (Wildman–Crippen LogP) is 2.35. The summed E-state index contributed by atoms with van der Waals surface area (Å²) in [5.74, 6) is 1.01. The average Bonchev–Trinajstić information content (AvgIpc) is 2.88. The van der Waals surface area contributed by atoms with Crippen LogP contribution in [0.25, 0.3) is 0 Å². The Morgan fingerprint density at radius 1 is 1.16 bits per heavy atom. The predicted molar refractivity (Wildman–Crippen MR) is 79.2 cm³/mol. The molecule has 0 aliphatic rings. The highest BCUT2D eigenvalue weighted by Crippen LogP contribution is 2.16. The van der Waals surface area contributed by atoms with Gasteiger partial charge in [0.25, 0.3) is 0 Å². The monoisotopic (exact) mass is 276 g/mol. The van der Waals surface area contributed by atoms with E-state index >= 15 is 0 Å². The Morgan fingerprint density at radius 3 is 2.79 bits per heavy atom. The van der Waals surface area contributed by atoms with E-state index in [2.05, 4.69) is 34.6 Å². The summed E-state index contributed by atoms with van der Waals surface area (Å²) in [5, 5.41) is 8.32. The molecule has 1 aromatic heterocycles. The Labute approximate surface area is 118 Å². The van der Waals surface area contributed by atoms with Crippen LogP contribution in [-0.4, -0.2) is 27.3 Å². The normalized spacial score (nSPS) is 10.8. The molecule has 0 radical (unpaired) electrons. The molecule has 0 aliphatic heterocycles. The molecule has 0 fully saturated rings. The van der Waals surface area contributed by atoms with Crippen molar-refractivity contribution in [3.8, 4) is 0 Å². The SMILES string of the molecule is NCCCCc1cn(CCSc2ccccc2)nn1. The van der Waals surface area contributed by atoms with E-state index in [4.69, 9.17) is 5.73 Å². The number of hydrogen-bond acceptors (Lipinski definition) is 4. The van der Waals surface area contributed by atoms with Crippen molar-refractivity contribution < 1.29 is 0 Å². The van der Waals surface area contributed by atoms with Crippen molar-refractivity contribution in [3.63, 3.8) is 0 Å². The van der Waals surface area contributed by atoms with E-state index in [0.29, 0.717) is 0 Å². The van der Waals surface area contributed by atoms with E-state index in [0.717, 1.165) is 43.8 Å². The second-order valence-corrected chi connectivity index (χ2v) is 5.55.